The zero-order valence-electron chi connectivity index (χ0n) is 13.7. The van der Waals surface area contributed by atoms with Crippen LogP contribution in [0.5, 0.6) is 0 Å². The van der Waals surface area contributed by atoms with Gasteiger partial charge in [-0.15, -0.1) is 0 Å². The normalized spacial score (nSPS) is 11.1. The zero-order chi connectivity index (χ0) is 16.0. The van der Waals surface area contributed by atoms with Gasteiger partial charge >= 0.3 is 0 Å². The molecule has 1 N–H and O–H groups in total. The van der Waals surface area contributed by atoms with Crippen LogP contribution in [0.15, 0.2) is 24.3 Å². The van der Waals surface area contributed by atoms with Crippen molar-refractivity contribution in [1.29, 1.82) is 0 Å². The molecule has 116 valence electrons. The first-order valence-electron chi connectivity index (χ1n) is 7.34. The highest BCUT2D eigenvalue weighted by Crippen LogP contribution is 2.12. The Labute approximate surface area is 127 Å². The van der Waals surface area contributed by atoms with E-state index >= 15 is 0 Å². The number of likely N-dealkylation sites (N-methyl/N-ethyl adjacent to an activating group) is 1. The summed E-state index contributed by atoms with van der Waals surface area (Å²) in [4.78, 5) is 25.4. The molecule has 0 bridgehead atoms. The molecule has 0 unspecified atom stereocenters. The quantitative estimate of drug-likeness (QED) is 0.905. The number of nitrogens with one attached hydrogen (secondary N) is 1. The van der Waals surface area contributed by atoms with Crippen LogP contribution in [0, 0.1) is 5.41 Å². The number of hydrogen-bond donors (Lipinski definition) is 1. The van der Waals surface area contributed by atoms with Crippen molar-refractivity contribution in [2.75, 3.05) is 13.6 Å². The van der Waals surface area contributed by atoms with Gasteiger partial charge in [-0.05, 0) is 17.5 Å². The van der Waals surface area contributed by atoms with Crippen molar-refractivity contribution in [3.63, 3.8) is 0 Å². The zero-order valence-corrected chi connectivity index (χ0v) is 13.7. The van der Waals surface area contributed by atoms with E-state index in [0.717, 1.165) is 12.0 Å². The van der Waals surface area contributed by atoms with Crippen LogP contribution in [-0.2, 0) is 22.6 Å². The maximum absolute atomic E-state index is 12.0. The van der Waals surface area contributed by atoms with E-state index in [1.165, 1.54) is 5.56 Å². The minimum Gasteiger partial charge on any atom is -0.347 e. The number of amides is 2. The van der Waals surface area contributed by atoms with Crippen LogP contribution in [0.3, 0.4) is 0 Å². The fraction of sp³-hybridized carbons (Fsp3) is 0.529. The Kier molecular flexibility index (Phi) is 5.94. The molecular formula is C17H26N2O2. The Bertz CT molecular complexity index is 487. The first kappa shape index (κ1) is 17.2. The van der Waals surface area contributed by atoms with Crippen molar-refractivity contribution < 1.29 is 9.59 Å². The molecule has 0 heterocycles. The van der Waals surface area contributed by atoms with Crippen LogP contribution in [0.25, 0.3) is 0 Å². The molecule has 0 atom stereocenters. The third-order valence-electron chi connectivity index (χ3n) is 3.36. The van der Waals surface area contributed by atoms with Crippen LogP contribution >= 0.6 is 0 Å². The molecule has 0 aliphatic rings. The van der Waals surface area contributed by atoms with Gasteiger partial charge in [0.2, 0.25) is 11.8 Å². The molecule has 4 heteroatoms. The van der Waals surface area contributed by atoms with Crippen molar-refractivity contribution in [2.24, 2.45) is 5.41 Å². The lowest BCUT2D eigenvalue weighted by Crippen LogP contribution is -2.42. The molecule has 0 spiro atoms. The number of hydrogen-bond acceptors (Lipinski definition) is 2. The van der Waals surface area contributed by atoms with Crippen molar-refractivity contribution in [2.45, 2.75) is 40.7 Å². The summed E-state index contributed by atoms with van der Waals surface area (Å²) in [5.74, 6) is -0.205. The van der Waals surface area contributed by atoms with Gasteiger partial charge in [0, 0.05) is 19.0 Å². The third-order valence-corrected chi connectivity index (χ3v) is 3.36. The first-order valence-corrected chi connectivity index (χ1v) is 7.34. The van der Waals surface area contributed by atoms with Gasteiger partial charge in [-0.2, -0.15) is 0 Å². The summed E-state index contributed by atoms with van der Waals surface area (Å²) in [6.07, 6.45) is 1.01. The van der Waals surface area contributed by atoms with Crippen molar-refractivity contribution >= 4 is 11.8 Å². The Morgan fingerprint density at radius 2 is 1.62 bits per heavy atom. The van der Waals surface area contributed by atoms with Crippen LogP contribution in [0.1, 0.15) is 38.8 Å². The second kappa shape index (κ2) is 7.25. The molecule has 1 aromatic carbocycles. The molecule has 0 aliphatic carbocycles. The standard InChI is InChI=1S/C17H26N2O2/c1-6-13-7-9-14(10-8-13)12-19(5)15(20)11-18-16(21)17(2,3)4/h7-10H,6,11-12H2,1-5H3,(H,18,21). The van der Waals surface area contributed by atoms with E-state index in [1.807, 2.05) is 32.9 Å². The highest BCUT2D eigenvalue weighted by Gasteiger charge is 2.22. The molecule has 0 aliphatic heterocycles. The Balaban J connectivity index is 2.49. The fourth-order valence-corrected chi connectivity index (χ4v) is 1.80. The lowest BCUT2D eigenvalue weighted by molar-refractivity contribution is -0.134. The lowest BCUT2D eigenvalue weighted by atomic mass is 9.96. The summed E-state index contributed by atoms with van der Waals surface area (Å²) >= 11 is 0. The molecule has 0 saturated carbocycles. The summed E-state index contributed by atoms with van der Waals surface area (Å²) in [6, 6.07) is 8.23. The molecule has 2 amide bonds. The van der Waals surface area contributed by atoms with Gasteiger partial charge in [0.1, 0.15) is 0 Å². The van der Waals surface area contributed by atoms with Gasteiger partial charge in [0.15, 0.2) is 0 Å². The number of aryl methyl sites for hydroxylation is 1. The molecule has 21 heavy (non-hydrogen) atoms. The number of carbonyl (C=O) groups excluding carboxylic acids is 2. The van der Waals surface area contributed by atoms with Gasteiger partial charge in [-0.1, -0.05) is 52.0 Å². The second-order valence-electron chi connectivity index (χ2n) is 6.35. The smallest absolute Gasteiger partial charge is 0.242 e. The first-order chi connectivity index (χ1) is 9.74. The number of carbonyl (C=O) groups is 2. The second-order valence-corrected chi connectivity index (χ2v) is 6.35. The fourth-order valence-electron chi connectivity index (χ4n) is 1.80. The van der Waals surface area contributed by atoms with E-state index in [2.05, 4.69) is 24.4 Å². The summed E-state index contributed by atoms with van der Waals surface area (Å²) in [6.45, 7) is 8.18. The van der Waals surface area contributed by atoms with E-state index in [1.54, 1.807) is 11.9 Å². The van der Waals surface area contributed by atoms with E-state index in [4.69, 9.17) is 0 Å². The molecule has 4 nitrogen and oxygen atoms in total. The van der Waals surface area contributed by atoms with Crippen LogP contribution in [0.4, 0.5) is 0 Å². The summed E-state index contributed by atoms with van der Waals surface area (Å²) in [5.41, 5.74) is 1.89. The molecule has 0 radical (unpaired) electrons. The van der Waals surface area contributed by atoms with E-state index < -0.39 is 5.41 Å². The largest absolute Gasteiger partial charge is 0.347 e. The molecule has 0 saturated heterocycles. The minimum absolute atomic E-state index is 0.0413. The minimum atomic E-state index is -0.477. The predicted molar refractivity (Wildman–Crippen MR) is 84.8 cm³/mol. The molecule has 1 rings (SSSR count). The van der Waals surface area contributed by atoms with Gasteiger partial charge in [0.05, 0.1) is 6.54 Å². The van der Waals surface area contributed by atoms with Gasteiger partial charge < -0.3 is 10.2 Å². The van der Waals surface area contributed by atoms with Crippen molar-refractivity contribution in [1.82, 2.24) is 10.2 Å². The average Bonchev–Trinajstić information content (AvgIpc) is 2.44. The SMILES string of the molecule is CCc1ccc(CN(C)C(=O)CNC(=O)C(C)(C)C)cc1. The summed E-state index contributed by atoms with van der Waals surface area (Å²) in [5, 5.41) is 2.68. The van der Waals surface area contributed by atoms with Gasteiger partial charge in [-0.25, -0.2) is 0 Å². The van der Waals surface area contributed by atoms with Gasteiger partial charge in [-0.3, -0.25) is 9.59 Å². The van der Waals surface area contributed by atoms with Crippen molar-refractivity contribution in [3.05, 3.63) is 35.4 Å². The summed E-state index contributed by atoms with van der Waals surface area (Å²) < 4.78 is 0. The highest BCUT2D eigenvalue weighted by atomic mass is 16.2. The maximum Gasteiger partial charge on any atom is 0.242 e. The van der Waals surface area contributed by atoms with E-state index in [9.17, 15) is 9.59 Å². The lowest BCUT2D eigenvalue weighted by Gasteiger charge is -2.21. The topological polar surface area (TPSA) is 49.4 Å². The van der Waals surface area contributed by atoms with Crippen LogP contribution in [-0.4, -0.2) is 30.3 Å². The third kappa shape index (κ3) is 5.58. The Morgan fingerprint density at radius 3 is 2.10 bits per heavy atom. The van der Waals surface area contributed by atoms with Crippen LogP contribution < -0.4 is 5.32 Å². The molecular weight excluding hydrogens is 264 g/mol. The molecule has 1 aromatic rings. The number of nitrogens with zero attached hydrogens (tertiary/aromatic N) is 1. The predicted octanol–water partition coefficient (Wildman–Crippen LogP) is 2.37. The Hall–Kier alpha value is -1.84. The monoisotopic (exact) mass is 290 g/mol. The van der Waals surface area contributed by atoms with Crippen molar-refractivity contribution in [3.8, 4) is 0 Å². The average molecular weight is 290 g/mol. The number of benzene rings is 1. The van der Waals surface area contributed by atoms with E-state index in [-0.39, 0.29) is 18.4 Å². The van der Waals surface area contributed by atoms with Crippen LogP contribution in [0.2, 0.25) is 0 Å². The molecule has 0 fully saturated rings. The van der Waals surface area contributed by atoms with E-state index in [0.29, 0.717) is 6.54 Å². The molecule has 0 aromatic heterocycles. The maximum atomic E-state index is 12.0. The number of rotatable bonds is 5. The Morgan fingerprint density at radius 1 is 1.10 bits per heavy atom. The van der Waals surface area contributed by atoms with Gasteiger partial charge in [0.25, 0.3) is 0 Å². The highest BCUT2D eigenvalue weighted by molar-refractivity contribution is 5.87. The summed E-state index contributed by atoms with van der Waals surface area (Å²) in [7, 11) is 1.75.